The van der Waals surface area contributed by atoms with E-state index >= 15 is 0 Å². The normalized spacial score (nSPS) is 15.8. The highest BCUT2D eigenvalue weighted by molar-refractivity contribution is 5.81. The zero-order valence-electron chi connectivity index (χ0n) is 11.8. The largest absolute Gasteiger partial charge is 0.347 e. The van der Waals surface area contributed by atoms with Crippen molar-refractivity contribution in [1.29, 1.82) is 5.26 Å². The Morgan fingerprint density at radius 3 is 2.90 bits per heavy atom. The Morgan fingerprint density at radius 2 is 2.10 bits per heavy atom. The van der Waals surface area contributed by atoms with E-state index in [1.807, 2.05) is 12.1 Å². The Bertz CT molecular complexity index is 615. The van der Waals surface area contributed by atoms with E-state index in [1.165, 1.54) is 31.2 Å². The topological polar surface area (TPSA) is 40.8 Å². The first-order chi connectivity index (χ1) is 9.86. The molecule has 0 amide bonds. The lowest BCUT2D eigenvalue weighted by molar-refractivity contribution is 0.498. The number of hydrogen-bond donors (Lipinski definition) is 1. The van der Waals surface area contributed by atoms with Crippen LogP contribution in [0.5, 0.6) is 0 Å². The van der Waals surface area contributed by atoms with Crippen LogP contribution in [0.2, 0.25) is 0 Å². The van der Waals surface area contributed by atoms with Crippen molar-refractivity contribution in [3.05, 3.63) is 36.0 Å². The van der Waals surface area contributed by atoms with Crippen LogP contribution in [0.1, 0.15) is 37.7 Å². The van der Waals surface area contributed by atoms with Crippen molar-refractivity contribution >= 4 is 10.9 Å². The number of benzene rings is 1. The Hall–Kier alpha value is -1.79. The van der Waals surface area contributed by atoms with Crippen molar-refractivity contribution in [3.63, 3.8) is 0 Å². The van der Waals surface area contributed by atoms with Gasteiger partial charge in [-0.2, -0.15) is 5.26 Å². The first-order valence-electron chi connectivity index (χ1n) is 7.59. The van der Waals surface area contributed by atoms with E-state index in [4.69, 9.17) is 5.26 Å². The molecule has 1 N–H and O–H groups in total. The lowest BCUT2D eigenvalue weighted by atomic mass is 10.2. The Kier molecular flexibility index (Phi) is 4.03. The number of hydrogen-bond acceptors (Lipinski definition) is 2. The predicted octanol–water partition coefficient (Wildman–Crippen LogP) is 3.44. The van der Waals surface area contributed by atoms with Gasteiger partial charge in [0.2, 0.25) is 0 Å². The van der Waals surface area contributed by atoms with Crippen LogP contribution >= 0.6 is 0 Å². The third-order valence-electron chi connectivity index (χ3n) is 4.26. The molecule has 20 heavy (non-hydrogen) atoms. The molecule has 0 bridgehead atoms. The zero-order chi connectivity index (χ0) is 13.8. The van der Waals surface area contributed by atoms with Crippen molar-refractivity contribution in [2.24, 2.45) is 0 Å². The molecule has 0 spiro atoms. The van der Waals surface area contributed by atoms with Gasteiger partial charge in [0, 0.05) is 29.7 Å². The summed E-state index contributed by atoms with van der Waals surface area (Å²) >= 11 is 0. The van der Waals surface area contributed by atoms with E-state index in [2.05, 4.69) is 34.3 Å². The van der Waals surface area contributed by atoms with Gasteiger partial charge in [0.05, 0.1) is 11.6 Å². The van der Waals surface area contributed by atoms with Crippen LogP contribution in [0.3, 0.4) is 0 Å². The minimum absolute atomic E-state index is 0.734. The summed E-state index contributed by atoms with van der Waals surface area (Å²) in [5, 5.41) is 13.7. The summed E-state index contributed by atoms with van der Waals surface area (Å²) in [5.74, 6) is 0. The molecule has 1 heterocycles. The third kappa shape index (κ3) is 2.86. The van der Waals surface area contributed by atoms with E-state index in [0.717, 1.165) is 36.5 Å². The minimum Gasteiger partial charge on any atom is -0.347 e. The minimum atomic E-state index is 0.734. The number of fused-ring (bicyclic) bond motifs is 1. The fourth-order valence-corrected chi connectivity index (χ4v) is 3.15. The second-order valence-corrected chi connectivity index (χ2v) is 5.68. The van der Waals surface area contributed by atoms with Crippen molar-refractivity contribution in [2.45, 2.75) is 44.7 Å². The van der Waals surface area contributed by atoms with Gasteiger partial charge in [-0.1, -0.05) is 12.8 Å². The van der Waals surface area contributed by atoms with Crippen LogP contribution < -0.4 is 5.32 Å². The van der Waals surface area contributed by atoms with Gasteiger partial charge >= 0.3 is 0 Å². The van der Waals surface area contributed by atoms with Gasteiger partial charge in [0.15, 0.2) is 0 Å². The molecule has 0 atom stereocenters. The van der Waals surface area contributed by atoms with Gasteiger partial charge < -0.3 is 9.88 Å². The maximum atomic E-state index is 8.92. The molecular formula is C17H21N3. The predicted molar refractivity (Wildman–Crippen MR) is 81.5 cm³/mol. The molecule has 1 saturated carbocycles. The molecule has 3 heteroatoms. The van der Waals surface area contributed by atoms with Gasteiger partial charge in [-0.3, -0.25) is 0 Å². The molecule has 104 valence electrons. The van der Waals surface area contributed by atoms with Crippen LogP contribution in [-0.4, -0.2) is 17.2 Å². The molecule has 3 nitrogen and oxygen atoms in total. The number of nitrogens with zero attached hydrogens (tertiary/aromatic N) is 2. The quantitative estimate of drug-likeness (QED) is 0.843. The SMILES string of the molecule is N#Cc1ccc2c(ccn2CCCNC2CCCC2)c1. The monoisotopic (exact) mass is 267 g/mol. The summed E-state index contributed by atoms with van der Waals surface area (Å²) in [6.07, 6.45) is 8.76. The first kappa shape index (κ1) is 13.2. The highest BCUT2D eigenvalue weighted by Crippen LogP contribution is 2.19. The van der Waals surface area contributed by atoms with Crippen LogP contribution in [-0.2, 0) is 6.54 Å². The van der Waals surface area contributed by atoms with Crippen LogP contribution in [0, 0.1) is 11.3 Å². The molecule has 0 saturated heterocycles. The van der Waals surface area contributed by atoms with E-state index in [0.29, 0.717) is 0 Å². The summed E-state index contributed by atoms with van der Waals surface area (Å²) in [4.78, 5) is 0. The second-order valence-electron chi connectivity index (χ2n) is 5.68. The summed E-state index contributed by atoms with van der Waals surface area (Å²) in [6.45, 7) is 2.13. The molecule has 1 aliphatic carbocycles. The fourth-order valence-electron chi connectivity index (χ4n) is 3.15. The van der Waals surface area contributed by atoms with Crippen molar-refractivity contribution in [2.75, 3.05) is 6.54 Å². The smallest absolute Gasteiger partial charge is 0.0991 e. The lowest BCUT2D eigenvalue weighted by Gasteiger charge is -2.12. The van der Waals surface area contributed by atoms with Crippen LogP contribution in [0.4, 0.5) is 0 Å². The summed E-state index contributed by atoms with van der Waals surface area (Å²) in [7, 11) is 0. The zero-order valence-corrected chi connectivity index (χ0v) is 11.8. The second kappa shape index (κ2) is 6.11. The standard InChI is InChI=1S/C17H21N3/c18-13-14-6-7-17-15(12-14)8-11-20(17)10-3-9-19-16-4-1-2-5-16/h6-8,11-12,16,19H,1-5,9-10H2. The lowest BCUT2D eigenvalue weighted by Crippen LogP contribution is -2.27. The van der Waals surface area contributed by atoms with Gasteiger partial charge in [0.25, 0.3) is 0 Å². The van der Waals surface area contributed by atoms with Crippen molar-refractivity contribution < 1.29 is 0 Å². The number of aromatic nitrogens is 1. The Morgan fingerprint density at radius 1 is 1.25 bits per heavy atom. The molecule has 0 unspecified atom stereocenters. The summed E-state index contributed by atoms with van der Waals surface area (Å²) in [6, 6.07) is 11.0. The highest BCUT2D eigenvalue weighted by atomic mass is 15.0. The maximum Gasteiger partial charge on any atom is 0.0991 e. The average molecular weight is 267 g/mol. The van der Waals surface area contributed by atoms with Crippen molar-refractivity contribution in [3.8, 4) is 6.07 Å². The van der Waals surface area contributed by atoms with Gasteiger partial charge in [-0.05, 0) is 50.1 Å². The number of aryl methyl sites for hydroxylation is 1. The van der Waals surface area contributed by atoms with E-state index in [1.54, 1.807) is 0 Å². The summed E-state index contributed by atoms with van der Waals surface area (Å²) < 4.78 is 2.28. The molecule has 0 aliphatic heterocycles. The number of nitrogens with one attached hydrogen (secondary N) is 1. The molecule has 1 aromatic heterocycles. The van der Waals surface area contributed by atoms with E-state index in [9.17, 15) is 0 Å². The Labute approximate surface area is 120 Å². The third-order valence-corrected chi connectivity index (χ3v) is 4.26. The molecule has 1 aromatic carbocycles. The number of rotatable bonds is 5. The van der Waals surface area contributed by atoms with Crippen LogP contribution in [0.25, 0.3) is 10.9 Å². The average Bonchev–Trinajstić information content (AvgIpc) is 3.12. The molecule has 2 aromatic rings. The first-order valence-corrected chi connectivity index (χ1v) is 7.59. The number of nitriles is 1. The van der Waals surface area contributed by atoms with Gasteiger partial charge in [-0.25, -0.2) is 0 Å². The van der Waals surface area contributed by atoms with Crippen LogP contribution in [0.15, 0.2) is 30.5 Å². The molecule has 3 rings (SSSR count). The molecule has 1 aliphatic rings. The van der Waals surface area contributed by atoms with E-state index < -0.39 is 0 Å². The molecule has 1 fully saturated rings. The van der Waals surface area contributed by atoms with Gasteiger partial charge in [-0.15, -0.1) is 0 Å². The highest BCUT2D eigenvalue weighted by Gasteiger charge is 2.13. The van der Waals surface area contributed by atoms with Crippen molar-refractivity contribution in [1.82, 2.24) is 9.88 Å². The molecule has 0 radical (unpaired) electrons. The van der Waals surface area contributed by atoms with Gasteiger partial charge in [0.1, 0.15) is 0 Å². The fraction of sp³-hybridized carbons (Fsp3) is 0.471. The van der Waals surface area contributed by atoms with E-state index in [-0.39, 0.29) is 0 Å². The Balaban J connectivity index is 1.56. The molecular weight excluding hydrogens is 246 g/mol. The maximum absolute atomic E-state index is 8.92. The summed E-state index contributed by atoms with van der Waals surface area (Å²) in [5.41, 5.74) is 1.96.